The van der Waals surface area contributed by atoms with E-state index in [1.54, 1.807) is 7.11 Å². The zero-order valence-corrected chi connectivity index (χ0v) is 23.8. The third-order valence-corrected chi connectivity index (χ3v) is 7.39. The molecular weight excluding hydrogens is 496 g/mol. The number of rotatable bonds is 13. The molecular formula is C31H40O6Si. The Balaban J connectivity index is 1.60. The summed E-state index contributed by atoms with van der Waals surface area (Å²) < 4.78 is 38.2. The molecule has 38 heavy (non-hydrogen) atoms. The Kier molecular flexibility index (Phi) is 10.7. The van der Waals surface area contributed by atoms with Gasteiger partial charge in [0, 0.05) is 7.11 Å². The molecule has 4 rings (SSSR count). The largest absolute Gasteiger partial charge is 0.415 e. The van der Waals surface area contributed by atoms with Crippen molar-refractivity contribution in [1.29, 1.82) is 0 Å². The van der Waals surface area contributed by atoms with Gasteiger partial charge in [-0.1, -0.05) is 91.0 Å². The first kappa shape index (κ1) is 28.6. The van der Waals surface area contributed by atoms with Gasteiger partial charge in [0.1, 0.15) is 24.4 Å². The molecule has 1 aliphatic rings. The van der Waals surface area contributed by atoms with Crippen LogP contribution >= 0.6 is 0 Å². The van der Waals surface area contributed by atoms with Gasteiger partial charge in [-0.3, -0.25) is 0 Å². The summed E-state index contributed by atoms with van der Waals surface area (Å²) in [5.41, 5.74) is 3.22. The lowest BCUT2D eigenvalue weighted by Crippen LogP contribution is -2.62. The van der Waals surface area contributed by atoms with Crippen molar-refractivity contribution in [3.8, 4) is 0 Å². The van der Waals surface area contributed by atoms with Crippen molar-refractivity contribution >= 4 is 8.32 Å². The van der Waals surface area contributed by atoms with Gasteiger partial charge < -0.3 is 28.1 Å². The van der Waals surface area contributed by atoms with E-state index in [0.29, 0.717) is 26.4 Å². The first-order chi connectivity index (χ1) is 18.4. The predicted molar refractivity (Wildman–Crippen MR) is 150 cm³/mol. The summed E-state index contributed by atoms with van der Waals surface area (Å²) in [6.07, 6.45) is -2.40. The van der Waals surface area contributed by atoms with Crippen LogP contribution in [0.1, 0.15) is 16.7 Å². The van der Waals surface area contributed by atoms with Crippen molar-refractivity contribution in [3.63, 3.8) is 0 Å². The number of benzene rings is 3. The van der Waals surface area contributed by atoms with E-state index in [1.165, 1.54) is 0 Å². The third kappa shape index (κ3) is 8.58. The van der Waals surface area contributed by atoms with Crippen molar-refractivity contribution < 1.29 is 28.1 Å². The van der Waals surface area contributed by atoms with Crippen LogP contribution < -0.4 is 0 Å². The van der Waals surface area contributed by atoms with Gasteiger partial charge in [-0.05, 0) is 36.3 Å². The van der Waals surface area contributed by atoms with E-state index in [-0.39, 0.29) is 6.10 Å². The average molecular weight is 537 g/mol. The molecule has 0 radical (unpaired) electrons. The quantitative estimate of drug-likeness (QED) is 0.251. The second kappa shape index (κ2) is 14.1. The van der Waals surface area contributed by atoms with Gasteiger partial charge in [0.2, 0.25) is 0 Å². The standard InChI is InChI=1S/C31H40O6Si/c1-32-31-30(35-22-26-18-12-7-13-19-26)29(34-21-25-16-10-6-11-17-25)28(27(37-31)23-36-38(2,3)4)33-20-24-14-8-5-9-15-24/h5-19,27-31H,20-23H2,1-4H3/t27-,28-,29+,30-,31+/m1/s1. The topological polar surface area (TPSA) is 55.4 Å². The molecule has 0 saturated carbocycles. The first-order valence-electron chi connectivity index (χ1n) is 13.2. The van der Waals surface area contributed by atoms with Crippen molar-refractivity contribution in [1.82, 2.24) is 0 Å². The van der Waals surface area contributed by atoms with E-state index in [2.05, 4.69) is 43.9 Å². The van der Waals surface area contributed by atoms with Crippen LogP contribution in [-0.2, 0) is 47.9 Å². The van der Waals surface area contributed by atoms with Gasteiger partial charge in [0.25, 0.3) is 0 Å². The van der Waals surface area contributed by atoms with Gasteiger partial charge in [-0.25, -0.2) is 0 Å². The van der Waals surface area contributed by atoms with Crippen molar-refractivity contribution in [2.75, 3.05) is 13.7 Å². The molecule has 6 nitrogen and oxygen atoms in total. The smallest absolute Gasteiger partial charge is 0.186 e. The molecule has 1 heterocycles. The van der Waals surface area contributed by atoms with Gasteiger partial charge in [-0.15, -0.1) is 0 Å². The zero-order valence-electron chi connectivity index (χ0n) is 22.8. The molecule has 3 aromatic carbocycles. The highest BCUT2D eigenvalue weighted by molar-refractivity contribution is 6.69. The van der Waals surface area contributed by atoms with Crippen LogP contribution in [0, 0.1) is 0 Å². The molecule has 5 atom stereocenters. The summed E-state index contributed by atoms with van der Waals surface area (Å²) in [6, 6.07) is 30.3. The Morgan fingerprint density at radius 3 is 1.45 bits per heavy atom. The Morgan fingerprint density at radius 2 is 1.03 bits per heavy atom. The normalized spacial score (nSPS) is 23.8. The van der Waals surface area contributed by atoms with E-state index in [4.69, 9.17) is 28.1 Å². The molecule has 3 aromatic rings. The van der Waals surface area contributed by atoms with Crippen LogP contribution in [0.4, 0.5) is 0 Å². The Labute approximate surface area is 227 Å². The lowest BCUT2D eigenvalue weighted by atomic mass is 9.98. The van der Waals surface area contributed by atoms with Crippen LogP contribution in [0.25, 0.3) is 0 Å². The average Bonchev–Trinajstić information content (AvgIpc) is 2.94. The summed E-state index contributed by atoms with van der Waals surface area (Å²) in [5, 5.41) is 0. The maximum Gasteiger partial charge on any atom is 0.186 e. The molecule has 0 unspecified atom stereocenters. The Hall–Kier alpha value is -2.36. The number of ether oxygens (including phenoxy) is 5. The van der Waals surface area contributed by atoms with Crippen LogP contribution in [0.5, 0.6) is 0 Å². The fourth-order valence-electron chi connectivity index (χ4n) is 4.40. The van der Waals surface area contributed by atoms with E-state index in [0.717, 1.165) is 16.7 Å². The SMILES string of the molecule is CO[C@H]1O[C@H](CO[Si](C)(C)C)[C@@H](OCc2ccccc2)[C@H](OCc2ccccc2)[C@H]1OCc1ccccc1. The summed E-state index contributed by atoms with van der Waals surface area (Å²) in [4.78, 5) is 0. The minimum absolute atomic E-state index is 0.382. The second-order valence-corrected chi connectivity index (χ2v) is 15.0. The molecule has 0 amide bonds. The molecule has 0 aromatic heterocycles. The maximum atomic E-state index is 6.61. The minimum atomic E-state index is -1.81. The molecule has 7 heteroatoms. The lowest BCUT2D eigenvalue weighted by Gasteiger charge is -2.46. The molecule has 204 valence electrons. The molecule has 1 saturated heterocycles. The summed E-state index contributed by atoms with van der Waals surface area (Å²) in [6.45, 7) is 8.13. The van der Waals surface area contributed by atoms with Gasteiger partial charge >= 0.3 is 0 Å². The molecule has 1 fully saturated rings. The fraction of sp³-hybridized carbons (Fsp3) is 0.419. The molecule has 0 spiro atoms. The van der Waals surface area contributed by atoms with Crippen molar-refractivity contribution in [2.45, 2.75) is 70.2 Å². The van der Waals surface area contributed by atoms with E-state index in [9.17, 15) is 0 Å². The summed E-state index contributed by atoms with van der Waals surface area (Å²) in [7, 11) is -0.169. The Bertz CT molecular complexity index is 1060. The third-order valence-electron chi connectivity index (χ3n) is 6.36. The summed E-state index contributed by atoms with van der Waals surface area (Å²) in [5.74, 6) is 0. The van der Waals surface area contributed by atoms with Crippen molar-refractivity contribution in [3.05, 3.63) is 108 Å². The summed E-state index contributed by atoms with van der Waals surface area (Å²) >= 11 is 0. The van der Waals surface area contributed by atoms with E-state index < -0.39 is 32.9 Å². The predicted octanol–water partition coefficient (Wildman–Crippen LogP) is 5.97. The lowest BCUT2D eigenvalue weighted by molar-refractivity contribution is -0.320. The number of methoxy groups -OCH3 is 1. The first-order valence-corrected chi connectivity index (χ1v) is 16.6. The second-order valence-electron chi connectivity index (χ2n) is 10.5. The molecule has 1 aliphatic heterocycles. The van der Waals surface area contributed by atoms with Crippen LogP contribution in [0.2, 0.25) is 19.6 Å². The highest BCUT2D eigenvalue weighted by Gasteiger charge is 2.49. The van der Waals surface area contributed by atoms with Crippen LogP contribution in [-0.4, -0.2) is 52.7 Å². The molecule has 0 bridgehead atoms. The van der Waals surface area contributed by atoms with Crippen LogP contribution in [0.3, 0.4) is 0 Å². The molecule has 0 N–H and O–H groups in total. The van der Waals surface area contributed by atoms with Crippen LogP contribution in [0.15, 0.2) is 91.0 Å². The van der Waals surface area contributed by atoms with E-state index in [1.807, 2.05) is 66.7 Å². The molecule has 0 aliphatic carbocycles. The van der Waals surface area contributed by atoms with Gasteiger partial charge in [-0.2, -0.15) is 0 Å². The monoisotopic (exact) mass is 536 g/mol. The minimum Gasteiger partial charge on any atom is -0.415 e. The van der Waals surface area contributed by atoms with Gasteiger partial charge in [0.15, 0.2) is 14.6 Å². The highest BCUT2D eigenvalue weighted by Crippen LogP contribution is 2.31. The van der Waals surface area contributed by atoms with E-state index >= 15 is 0 Å². The number of hydrogen-bond donors (Lipinski definition) is 0. The van der Waals surface area contributed by atoms with Gasteiger partial charge in [0.05, 0.1) is 26.4 Å². The zero-order chi connectivity index (χ0) is 26.8. The number of hydrogen-bond acceptors (Lipinski definition) is 6. The van der Waals surface area contributed by atoms with Crippen molar-refractivity contribution in [2.24, 2.45) is 0 Å². The fourth-order valence-corrected chi connectivity index (χ4v) is 5.07. The Morgan fingerprint density at radius 1 is 0.605 bits per heavy atom. The highest BCUT2D eigenvalue weighted by atomic mass is 28.4. The maximum absolute atomic E-state index is 6.61.